The van der Waals surface area contributed by atoms with E-state index in [0.29, 0.717) is 24.4 Å². The summed E-state index contributed by atoms with van der Waals surface area (Å²) in [6.45, 7) is 4.98. The van der Waals surface area contributed by atoms with Crippen LogP contribution in [0.15, 0.2) is 24.3 Å². The van der Waals surface area contributed by atoms with Crippen LogP contribution >= 0.6 is 0 Å². The Morgan fingerprint density at radius 1 is 1.00 bits per heavy atom. The molecule has 4 unspecified atom stereocenters. The van der Waals surface area contributed by atoms with E-state index < -0.39 is 0 Å². The van der Waals surface area contributed by atoms with Gasteiger partial charge in [0.1, 0.15) is 0 Å². The predicted molar refractivity (Wildman–Crippen MR) is 73.0 cm³/mol. The van der Waals surface area contributed by atoms with Gasteiger partial charge in [0, 0.05) is 0 Å². The number of hydrogen-bond acceptors (Lipinski definition) is 2. The maximum absolute atomic E-state index is 12.1. The van der Waals surface area contributed by atoms with E-state index >= 15 is 0 Å². The highest BCUT2D eigenvalue weighted by Gasteiger charge is 2.28. The summed E-state index contributed by atoms with van der Waals surface area (Å²) < 4.78 is 5.56. The van der Waals surface area contributed by atoms with Gasteiger partial charge in [-0.15, -0.1) is 0 Å². The SMILES string of the molecule is CC1CC=CCC1COC(=O)C1CC=CCC1C. The first-order valence-corrected chi connectivity index (χ1v) is 7.15. The molecule has 0 aliphatic heterocycles. The van der Waals surface area contributed by atoms with E-state index in [2.05, 4.69) is 38.2 Å². The second-order valence-electron chi connectivity index (χ2n) is 5.84. The fourth-order valence-electron chi connectivity index (χ4n) is 2.81. The molecule has 100 valence electrons. The van der Waals surface area contributed by atoms with Gasteiger partial charge in [0.25, 0.3) is 0 Å². The first-order valence-electron chi connectivity index (χ1n) is 7.15. The van der Waals surface area contributed by atoms with Crippen molar-refractivity contribution < 1.29 is 9.53 Å². The second kappa shape index (κ2) is 6.21. The van der Waals surface area contributed by atoms with Gasteiger partial charge in [-0.3, -0.25) is 4.79 Å². The quantitative estimate of drug-likeness (QED) is 0.562. The van der Waals surface area contributed by atoms with Crippen LogP contribution in [0.4, 0.5) is 0 Å². The Morgan fingerprint density at radius 2 is 1.61 bits per heavy atom. The highest BCUT2D eigenvalue weighted by molar-refractivity contribution is 5.73. The van der Waals surface area contributed by atoms with E-state index in [-0.39, 0.29) is 11.9 Å². The van der Waals surface area contributed by atoms with Gasteiger partial charge in [0.05, 0.1) is 12.5 Å². The fraction of sp³-hybridized carbons (Fsp3) is 0.688. The van der Waals surface area contributed by atoms with Gasteiger partial charge in [-0.05, 0) is 43.4 Å². The number of rotatable bonds is 3. The molecule has 0 saturated heterocycles. The molecule has 0 amide bonds. The molecule has 4 atom stereocenters. The lowest BCUT2D eigenvalue weighted by atomic mass is 9.84. The van der Waals surface area contributed by atoms with Crippen LogP contribution in [0, 0.1) is 23.7 Å². The third-order valence-corrected chi connectivity index (χ3v) is 4.41. The highest BCUT2D eigenvalue weighted by atomic mass is 16.5. The molecule has 0 bridgehead atoms. The van der Waals surface area contributed by atoms with Gasteiger partial charge in [0.15, 0.2) is 0 Å². The molecule has 2 rings (SSSR count). The minimum absolute atomic E-state index is 0.00797. The number of hydrogen-bond donors (Lipinski definition) is 0. The van der Waals surface area contributed by atoms with Crippen molar-refractivity contribution in [2.75, 3.05) is 6.61 Å². The summed E-state index contributed by atoms with van der Waals surface area (Å²) in [5.74, 6) is 1.64. The smallest absolute Gasteiger partial charge is 0.309 e. The standard InChI is InChI=1S/C16H24O2/c1-12-7-3-5-9-14(12)11-18-16(17)15-10-6-4-8-13(15)2/h3-6,12-15H,7-11H2,1-2H3. The number of carbonyl (C=O) groups is 1. The van der Waals surface area contributed by atoms with E-state index in [4.69, 9.17) is 4.74 Å². The van der Waals surface area contributed by atoms with E-state index in [1.54, 1.807) is 0 Å². The number of esters is 1. The van der Waals surface area contributed by atoms with Crippen molar-refractivity contribution in [2.45, 2.75) is 39.5 Å². The maximum atomic E-state index is 12.1. The van der Waals surface area contributed by atoms with Crippen LogP contribution in [0.2, 0.25) is 0 Å². The van der Waals surface area contributed by atoms with Crippen LogP contribution in [0.1, 0.15) is 39.5 Å². The normalized spacial score (nSPS) is 35.4. The average molecular weight is 248 g/mol. The molecule has 0 N–H and O–H groups in total. The van der Waals surface area contributed by atoms with Gasteiger partial charge < -0.3 is 4.74 Å². The third-order valence-electron chi connectivity index (χ3n) is 4.41. The van der Waals surface area contributed by atoms with E-state index in [1.165, 1.54) is 0 Å². The molecule has 2 heteroatoms. The predicted octanol–water partition coefficient (Wildman–Crippen LogP) is 3.73. The first kappa shape index (κ1) is 13.4. The molecule has 0 aromatic heterocycles. The molecule has 0 saturated carbocycles. The highest BCUT2D eigenvalue weighted by Crippen LogP contribution is 2.28. The van der Waals surface area contributed by atoms with Crippen molar-refractivity contribution in [3.05, 3.63) is 24.3 Å². The molecule has 0 radical (unpaired) electrons. The monoisotopic (exact) mass is 248 g/mol. The summed E-state index contributed by atoms with van der Waals surface area (Å²) in [5, 5.41) is 0. The zero-order valence-corrected chi connectivity index (χ0v) is 11.5. The minimum Gasteiger partial charge on any atom is -0.465 e. The summed E-state index contributed by atoms with van der Waals surface area (Å²) in [6, 6.07) is 0. The summed E-state index contributed by atoms with van der Waals surface area (Å²) in [6.07, 6.45) is 12.7. The zero-order chi connectivity index (χ0) is 13.0. The Morgan fingerprint density at radius 3 is 2.28 bits per heavy atom. The van der Waals surface area contributed by atoms with Crippen LogP contribution in [0.25, 0.3) is 0 Å². The van der Waals surface area contributed by atoms with Crippen molar-refractivity contribution in [1.29, 1.82) is 0 Å². The van der Waals surface area contributed by atoms with Gasteiger partial charge in [-0.1, -0.05) is 38.2 Å². The van der Waals surface area contributed by atoms with Crippen molar-refractivity contribution in [3.8, 4) is 0 Å². The molecule has 2 nitrogen and oxygen atoms in total. The van der Waals surface area contributed by atoms with Crippen LogP contribution in [-0.4, -0.2) is 12.6 Å². The molecule has 0 fully saturated rings. The Labute approximate surface area is 110 Å². The molecule has 2 aliphatic rings. The topological polar surface area (TPSA) is 26.3 Å². The Balaban J connectivity index is 1.81. The lowest BCUT2D eigenvalue weighted by Gasteiger charge is -2.27. The van der Waals surface area contributed by atoms with Crippen molar-refractivity contribution in [2.24, 2.45) is 23.7 Å². The Bertz CT molecular complexity index is 343. The fourth-order valence-corrected chi connectivity index (χ4v) is 2.81. The molecule has 0 heterocycles. The van der Waals surface area contributed by atoms with Crippen LogP contribution in [0.3, 0.4) is 0 Å². The van der Waals surface area contributed by atoms with E-state index in [9.17, 15) is 4.79 Å². The second-order valence-corrected chi connectivity index (χ2v) is 5.84. The molecular weight excluding hydrogens is 224 g/mol. The average Bonchev–Trinajstić information content (AvgIpc) is 2.38. The van der Waals surface area contributed by atoms with Crippen molar-refractivity contribution in [3.63, 3.8) is 0 Å². The molecule has 0 aromatic rings. The molecule has 0 aromatic carbocycles. The van der Waals surface area contributed by atoms with E-state index in [0.717, 1.165) is 25.7 Å². The minimum atomic E-state index is 0.00797. The molecule has 0 spiro atoms. The van der Waals surface area contributed by atoms with Crippen molar-refractivity contribution >= 4 is 5.97 Å². The lowest BCUT2D eigenvalue weighted by Crippen LogP contribution is -2.28. The van der Waals surface area contributed by atoms with Gasteiger partial charge in [-0.2, -0.15) is 0 Å². The van der Waals surface area contributed by atoms with Gasteiger partial charge >= 0.3 is 5.97 Å². The molecular formula is C16H24O2. The summed E-state index contributed by atoms with van der Waals surface area (Å²) >= 11 is 0. The van der Waals surface area contributed by atoms with Gasteiger partial charge in [-0.25, -0.2) is 0 Å². The lowest BCUT2D eigenvalue weighted by molar-refractivity contribution is -0.152. The van der Waals surface area contributed by atoms with Crippen LogP contribution < -0.4 is 0 Å². The molecule has 2 aliphatic carbocycles. The third kappa shape index (κ3) is 3.24. The van der Waals surface area contributed by atoms with E-state index in [1.807, 2.05) is 0 Å². The van der Waals surface area contributed by atoms with Crippen LogP contribution in [-0.2, 0) is 9.53 Å². The first-order chi connectivity index (χ1) is 8.68. The number of ether oxygens (including phenoxy) is 1. The number of carbonyl (C=O) groups excluding carboxylic acids is 1. The zero-order valence-electron chi connectivity index (χ0n) is 11.5. The summed E-state index contributed by atoms with van der Waals surface area (Å²) in [7, 11) is 0. The van der Waals surface area contributed by atoms with Crippen LogP contribution in [0.5, 0.6) is 0 Å². The number of allylic oxidation sites excluding steroid dienone is 4. The summed E-state index contributed by atoms with van der Waals surface area (Å²) in [5.41, 5.74) is 0. The Hall–Kier alpha value is -1.05. The largest absolute Gasteiger partial charge is 0.465 e. The van der Waals surface area contributed by atoms with Gasteiger partial charge in [0.2, 0.25) is 0 Å². The molecule has 18 heavy (non-hydrogen) atoms. The Kier molecular flexibility index (Phi) is 4.62. The van der Waals surface area contributed by atoms with Crippen molar-refractivity contribution in [1.82, 2.24) is 0 Å². The summed E-state index contributed by atoms with van der Waals surface area (Å²) in [4.78, 5) is 12.1. The maximum Gasteiger partial charge on any atom is 0.309 e.